The minimum atomic E-state index is -0.995. The molecule has 6 nitrogen and oxygen atoms in total. The van der Waals surface area contributed by atoms with Gasteiger partial charge in [-0.3, -0.25) is 4.79 Å². The van der Waals surface area contributed by atoms with Crippen molar-refractivity contribution in [1.82, 2.24) is 4.90 Å². The molecule has 1 saturated heterocycles. The lowest BCUT2D eigenvalue weighted by Crippen LogP contribution is -2.54. The summed E-state index contributed by atoms with van der Waals surface area (Å²) in [7, 11) is 0. The molecule has 6 heteroatoms. The van der Waals surface area contributed by atoms with Crippen molar-refractivity contribution in [3.05, 3.63) is 0 Å². The summed E-state index contributed by atoms with van der Waals surface area (Å²) in [6.45, 7) is 8.21. The van der Waals surface area contributed by atoms with Crippen molar-refractivity contribution in [2.24, 2.45) is 16.3 Å². The van der Waals surface area contributed by atoms with E-state index >= 15 is 0 Å². The van der Waals surface area contributed by atoms with Gasteiger partial charge in [-0.15, -0.1) is 0 Å². The molecule has 1 amide bonds. The zero-order valence-electron chi connectivity index (χ0n) is 10.8. The van der Waals surface area contributed by atoms with E-state index in [1.54, 1.807) is 18.7 Å². The fourth-order valence-electron chi connectivity index (χ4n) is 1.97. The smallest absolute Gasteiger partial charge is 0.236 e. The maximum Gasteiger partial charge on any atom is 0.236 e. The Morgan fingerprint density at radius 3 is 2.29 bits per heavy atom. The van der Waals surface area contributed by atoms with Gasteiger partial charge < -0.3 is 20.6 Å². The van der Waals surface area contributed by atoms with Gasteiger partial charge in [-0.25, -0.2) is 0 Å². The van der Waals surface area contributed by atoms with E-state index in [1.165, 1.54) is 0 Å². The van der Waals surface area contributed by atoms with Crippen LogP contribution in [0.2, 0.25) is 0 Å². The minimum absolute atomic E-state index is 0.00536. The summed E-state index contributed by atoms with van der Waals surface area (Å²) in [6.07, 6.45) is 0.0107. The first-order valence-electron chi connectivity index (χ1n) is 5.72. The number of nitrogens with zero attached hydrogens (tertiary/aromatic N) is 2. The number of hydrogen-bond acceptors (Lipinski definition) is 4. The van der Waals surface area contributed by atoms with E-state index in [0.29, 0.717) is 13.1 Å². The molecule has 0 aromatic carbocycles. The Bertz CT molecular complexity index is 318. The topological polar surface area (TPSA) is 88.2 Å². The van der Waals surface area contributed by atoms with Crippen molar-refractivity contribution in [2.45, 2.75) is 39.9 Å². The van der Waals surface area contributed by atoms with Crippen LogP contribution < -0.4 is 5.73 Å². The Labute approximate surface area is 101 Å². The van der Waals surface area contributed by atoms with E-state index in [2.05, 4.69) is 5.16 Å². The number of nitrogens with two attached hydrogens (primary N) is 1. The zero-order chi connectivity index (χ0) is 13.2. The van der Waals surface area contributed by atoms with Gasteiger partial charge in [0.15, 0.2) is 5.84 Å². The standard InChI is InChI=1S/C11H21N3O3/c1-7-5-14(6-8(2)17-7)10(15)11(3,4)9(12)13-16/h7-8,16H,5-6H2,1-4H3,(H2,12,13)/t7-,8+. The summed E-state index contributed by atoms with van der Waals surface area (Å²) in [5.74, 6) is -0.218. The van der Waals surface area contributed by atoms with Crippen molar-refractivity contribution in [3.8, 4) is 0 Å². The van der Waals surface area contributed by atoms with Crippen LogP contribution in [0.5, 0.6) is 0 Å². The van der Waals surface area contributed by atoms with Crippen LogP contribution in [0.15, 0.2) is 5.16 Å². The molecule has 0 unspecified atom stereocenters. The SMILES string of the molecule is C[C@@H]1CN(C(=O)C(C)(C)C(N)=NO)C[C@H](C)O1. The first-order valence-corrected chi connectivity index (χ1v) is 5.72. The summed E-state index contributed by atoms with van der Waals surface area (Å²) >= 11 is 0. The fourth-order valence-corrected chi connectivity index (χ4v) is 1.97. The molecule has 1 aliphatic heterocycles. The average molecular weight is 243 g/mol. The molecule has 1 rings (SSSR count). The lowest BCUT2D eigenvalue weighted by molar-refractivity contribution is -0.148. The number of hydrogen-bond donors (Lipinski definition) is 2. The first-order chi connectivity index (χ1) is 7.78. The second-order valence-electron chi connectivity index (χ2n) is 5.08. The number of oxime groups is 1. The Kier molecular flexibility index (Phi) is 3.98. The highest BCUT2D eigenvalue weighted by Crippen LogP contribution is 2.22. The molecule has 0 aromatic rings. The Balaban J connectivity index is 2.82. The highest BCUT2D eigenvalue weighted by molar-refractivity contribution is 6.05. The summed E-state index contributed by atoms with van der Waals surface area (Å²) in [4.78, 5) is 14.0. The summed E-state index contributed by atoms with van der Waals surface area (Å²) in [5, 5.41) is 11.6. The van der Waals surface area contributed by atoms with E-state index in [-0.39, 0.29) is 24.0 Å². The van der Waals surface area contributed by atoms with E-state index in [9.17, 15) is 4.79 Å². The van der Waals surface area contributed by atoms with Crippen LogP contribution in [-0.4, -0.2) is 47.1 Å². The molecule has 0 aromatic heterocycles. The molecule has 0 spiro atoms. The quantitative estimate of drug-likeness (QED) is 0.318. The summed E-state index contributed by atoms with van der Waals surface area (Å²) in [6, 6.07) is 0. The second-order valence-corrected chi connectivity index (χ2v) is 5.08. The van der Waals surface area contributed by atoms with Crippen LogP contribution in [0.25, 0.3) is 0 Å². The molecule has 2 atom stereocenters. The zero-order valence-corrected chi connectivity index (χ0v) is 10.8. The predicted molar refractivity (Wildman–Crippen MR) is 63.8 cm³/mol. The van der Waals surface area contributed by atoms with Crippen molar-refractivity contribution in [2.75, 3.05) is 13.1 Å². The Hall–Kier alpha value is -1.30. The van der Waals surface area contributed by atoms with E-state index in [0.717, 1.165) is 0 Å². The summed E-state index contributed by atoms with van der Waals surface area (Å²) in [5.41, 5.74) is 4.55. The third-order valence-electron chi connectivity index (χ3n) is 2.99. The lowest BCUT2D eigenvalue weighted by atomic mass is 9.89. The van der Waals surface area contributed by atoms with Crippen LogP contribution in [-0.2, 0) is 9.53 Å². The van der Waals surface area contributed by atoms with Crippen LogP contribution >= 0.6 is 0 Å². The van der Waals surface area contributed by atoms with Crippen molar-refractivity contribution < 1.29 is 14.7 Å². The lowest BCUT2D eigenvalue weighted by Gasteiger charge is -2.38. The predicted octanol–water partition coefficient (Wildman–Crippen LogP) is 0.395. The van der Waals surface area contributed by atoms with Gasteiger partial charge in [0, 0.05) is 13.1 Å². The molecule has 1 aliphatic rings. The van der Waals surface area contributed by atoms with Crippen molar-refractivity contribution in [3.63, 3.8) is 0 Å². The molecule has 98 valence electrons. The van der Waals surface area contributed by atoms with Gasteiger partial charge in [0.05, 0.1) is 12.2 Å². The normalized spacial score (nSPS) is 27.1. The van der Waals surface area contributed by atoms with Gasteiger partial charge >= 0.3 is 0 Å². The molecule has 17 heavy (non-hydrogen) atoms. The third kappa shape index (κ3) is 2.88. The molecule has 1 heterocycles. The fraction of sp³-hybridized carbons (Fsp3) is 0.818. The molecular formula is C11H21N3O3. The molecular weight excluding hydrogens is 222 g/mol. The first kappa shape index (κ1) is 13.8. The van der Waals surface area contributed by atoms with Crippen LogP contribution in [0.1, 0.15) is 27.7 Å². The highest BCUT2D eigenvalue weighted by Gasteiger charge is 2.38. The number of rotatable bonds is 2. The monoisotopic (exact) mass is 243 g/mol. The van der Waals surface area contributed by atoms with Crippen molar-refractivity contribution >= 4 is 11.7 Å². The van der Waals surface area contributed by atoms with Gasteiger partial charge in [0.2, 0.25) is 5.91 Å². The molecule has 0 saturated carbocycles. The van der Waals surface area contributed by atoms with Crippen LogP contribution in [0.3, 0.4) is 0 Å². The van der Waals surface area contributed by atoms with E-state index in [4.69, 9.17) is 15.7 Å². The van der Waals surface area contributed by atoms with Crippen molar-refractivity contribution in [1.29, 1.82) is 0 Å². The largest absolute Gasteiger partial charge is 0.409 e. The second kappa shape index (κ2) is 4.91. The average Bonchev–Trinajstić information content (AvgIpc) is 2.25. The number of carbonyl (C=O) groups is 1. The summed E-state index contributed by atoms with van der Waals surface area (Å²) < 4.78 is 5.56. The van der Waals surface area contributed by atoms with E-state index < -0.39 is 5.41 Å². The minimum Gasteiger partial charge on any atom is -0.409 e. The number of morpholine rings is 1. The van der Waals surface area contributed by atoms with Gasteiger partial charge in [-0.05, 0) is 27.7 Å². The molecule has 0 bridgehead atoms. The van der Waals surface area contributed by atoms with Gasteiger partial charge in [0.25, 0.3) is 0 Å². The van der Waals surface area contributed by atoms with Gasteiger partial charge in [-0.1, -0.05) is 5.16 Å². The number of amidine groups is 1. The van der Waals surface area contributed by atoms with Gasteiger partial charge in [-0.2, -0.15) is 0 Å². The molecule has 0 radical (unpaired) electrons. The number of amides is 1. The van der Waals surface area contributed by atoms with Crippen LogP contribution in [0, 0.1) is 5.41 Å². The van der Waals surface area contributed by atoms with Crippen LogP contribution in [0.4, 0.5) is 0 Å². The van der Waals surface area contributed by atoms with Gasteiger partial charge in [0.1, 0.15) is 5.41 Å². The third-order valence-corrected chi connectivity index (χ3v) is 2.99. The molecule has 3 N–H and O–H groups in total. The maximum atomic E-state index is 12.3. The highest BCUT2D eigenvalue weighted by atomic mass is 16.5. The Morgan fingerprint density at radius 2 is 1.88 bits per heavy atom. The molecule has 1 fully saturated rings. The number of ether oxygens (including phenoxy) is 1. The number of carbonyl (C=O) groups excluding carboxylic acids is 1. The maximum absolute atomic E-state index is 12.3. The Morgan fingerprint density at radius 1 is 1.41 bits per heavy atom. The molecule has 0 aliphatic carbocycles. The van der Waals surface area contributed by atoms with E-state index in [1.807, 2.05) is 13.8 Å².